The van der Waals surface area contributed by atoms with Crippen molar-refractivity contribution in [2.24, 2.45) is 7.05 Å². The van der Waals surface area contributed by atoms with Crippen LogP contribution in [-0.2, 0) is 11.8 Å². The number of amides is 1. The summed E-state index contributed by atoms with van der Waals surface area (Å²) in [5.41, 5.74) is 6.28. The molecular weight excluding hydrogens is 242 g/mol. The normalized spacial score (nSPS) is 21.4. The summed E-state index contributed by atoms with van der Waals surface area (Å²) in [4.78, 5) is 14.4. The molecule has 19 heavy (non-hydrogen) atoms. The van der Waals surface area contributed by atoms with E-state index >= 15 is 0 Å². The summed E-state index contributed by atoms with van der Waals surface area (Å²) in [7, 11) is 1.83. The van der Waals surface area contributed by atoms with Crippen LogP contribution in [0.25, 0.3) is 0 Å². The molecule has 0 atom stereocenters. The molecule has 0 unspecified atom stereocenters. The van der Waals surface area contributed by atoms with Gasteiger partial charge in [-0.1, -0.05) is 0 Å². The topological polar surface area (TPSA) is 60.5 Å². The third-order valence-corrected chi connectivity index (χ3v) is 3.23. The Morgan fingerprint density at radius 3 is 2.21 bits per heavy atom. The van der Waals surface area contributed by atoms with Gasteiger partial charge in [-0.2, -0.15) is 0 Å². The number of rotatable bonds is 1. The summed E-state index contributed by atoms with van der Waals surface area (Å²) in [5, 5.41) is 0. The van der Waals surface area contributed by atoms with E-state index in [1.165, 1.54) is 0 Å². The summed E-state index contributed by atoms with van der Waals surface area (Å²) < 4.78 is 7.76. The highest BCUT2D eigenvalue weighted by Gasteiger charge is 2.40. The number of ether oxygens (including phenoxy) is 1. The van der Waals surface area contributed by atoms with E-state index in [-0.39, 0.29) is 17.1 Å². The molecular formula is C14H23N3O2. The molecule has 0 bridgehead atoms. The molecule has 5 nitrogen and oxygen atoms in total. The van der Waals surface area contributed by atoms with Gasteiger partial charge in [0.2, 0.25) is 0 Å². The second-order valence-corrected chi connectivity index (χ2v) is 6.55. The maximum atomic E-state index is 12.6. The lowest BCUT2D eigenvalue weighted by molar-refractivity contribution is -0.171. The van der Waals surface area contributed by atoms with E-state index in [0.29, 0.717) is 24.5 Å². The zero-order valence-corrected chi connectivity index (χ0v) is 12.4. The predicted octanol–water partition coefficient (Wildman–Crippen LogP) is 1.64. The summed E-state index contributed by atoms with van der Waals surface area (Å²) >= 11 is 0. The number of aromatic nitrogens is 1. The Morgan fingerprint density at radius 1 is 1.26 bits per heavy atom. The Balaban J connectivity index is 2.26. The van der Waals surface area contributed by atoms with E-state index < -0.39 is 0 Å². The summed E-state index contributed by atoms with van der Waals surface area (Å²) in [6, 6.07) is 1.72. The lowest BCUT2D eigenvalue weighted by Crippen LogP contribution is -2.58. The Hall–Kier alpha value is -1.49. The lowest BCUT2D eigenvalue weighted by Gasteiger charge is -2.47. The van der Waals surface area contributed by atoms with Gasteiger partial charge in [0.05, 0.1) is 16.9 Å². The highest BCUT2D eigenvalue weighted by Crippen LogP contribution is 2.29. The van der Waals surface area contributed by atoms with Gasteiger partial charge in [0.1, 0.15) is 5.69 Å². The molecule has 0 aliphatic carbocycles. The molecule has 0 radical (unpaired) electrons. The molecule has 1 amide bonds. The van der Waals surface area contributed by atoms with E-state index in [1.54, 1.807) is 16.8 Å². The van der Waals surface area contributed by atoms with Gasteiger partial charge in [0.15, 0.2) is 0 Å². The quantitative estimate of drug-likeness (QED) is 0.839. The molecule has 1 aliphatic heterocycles. The molecule has 2 heterocycles. The fraction of sp³-hybridized carbons (Fsp3) is 0.643. The molecule has 2 rings (SSSR count). The molecule has 0 saturated carbocycles. The van der Waals surface area contributed by atoms with Gasteiger partial charge in [-0.25, -0.2) is 0 Å². The predicted molar refractivity (Wildman–Crippen MR) is 75.0 cm³/mol. The number of carbonyl (C=O) groups excluding carboxylic acids is 1. The number of anilines is 1. The second kappa shape index (κ2) is 4.27. The number of nitrogens with zero attached hydrogens (tertiary/aromatic N) is 2. The number of hydrogen-bond donors (Lipinski definition) is 1. The first kappa shape index (κ1) is 13.9. The minimum Gasteiger partial charge on any atom is -0.397 e. The van der Waals surface area contributed by atoms with Crippen LogP contribution in [0.3, 0.4) is 0 Å². The van der Waals surface area contributed by atoms with Crippen LogP contribution in [0, 0.1) is 0 Å². The van der Waals surface area contributed by atoms with Gasteiger partial charge in [0.25, 0.3) is 5.91 Å². The van der Waals surface area contributed by atoms with Crippen LogP contribution in [-0.4, -0.2) is 39.7 Å². The van der Waals surface area contributed by atoms with Gasteiger partial charge in [-0.15, -0.1) is 0 Å². The first-order valence-electron chi connectivity index (χ1n) is 6.51. The average molecular weight is 265 g/mol. The molecule has 2 N–H and O–H groups in total. The Bertz CT molecular complexity index is 487. The molecule has 0 spiro atoms. The van der Waals surface area contributed by atoms with E-state index in [2.05, 4.69) is 0 Å². The molecule has 1 saturated heterocycles. The summed E-state index contributed by atoms with van der Waals surface area (Å²) in [5.74, 6) is 0.00338. The van der Waals surface area contributed by atoms with Crippen LogP contribution in [0.2, 0.25) is 0 Å². The standard InChI is InChI=1S/C14H23N3O2/c1-13(2)8-17(9-14(3,4)19-13)12(18)11-6-10(15)7-16(11)5/h6-7H,8-9,15H2,1-5H3. The maximum Gasteiger partial charge on any atom is 0.270 e. The molecule has 1 fully saturated rings. The van der Waals surface area contributed by atoms with Crippen molar-refractivity contribution in [1.29, 1.82) is 0 Å². The number of morpholine rings is 1. The van der Waals surface area contributed by atoms with Crippen LogP contribution in [0.4, 0.5) is 5.69 Å². The first-order chi connectivity index (χ1) is 8.60. The highest BCUT2D eigenvalue weighted by molar-refractivity contribution is 5.94. The Morgan fingerprint density at radius 2 is 1.79 bits per heavy atom. The minimum atomic E-state index is -0.339. The van der Waals surface area contributed by atoms with Crippen LogP contribution in [0.5, 0.6) is 0 Å². The largest absolute Gasteiger partial charge is 0.397 e. The van der Waals surface area contributed by atoms with Crippen molar-refractivity contribution in [2.45, 2.75) is 38.9 Å². The van der Waals surface area contributed by atoms with Crippen molar-refractivity contribution >= 4 is 11.6 Å². The van der Waals surface area contributed by atoms with E-state index in [9.17, 15) is 4.79 Å². The lowest BCUT2D eigenvalue weighted by atomic mass is 9.98. The smallest absolute Gasteiger partial charge is 0.270 e. The van der Waals surface area contributed by atoms with Gasteiger partial charge in [0, 0.05) is 26.3 Å². The van der Waals surface area contributed by atoms with Gasteiger partial charge < -0.3 is 19.9 Å². The Labute approximate surface area is 114 Å². The third-order valence-electron chi connectivity index (χ3n) is 3.23. The molecule has 1 aromatic heterocycles. The number of aryl methyl sites for hydroxylation is 1. The summed E-state index contributed by atoms with van der Waals surface area (Å²) in [6.07, 6.45) is 1.75. The molecule has 106 valence electrons. The van der Waals surface area contributed by atoms with Crippen LogP contribution >= 0.6 is 0 Å². The van der Waals surface area contributed by atoms with Crippen molar-refractivity contribution in [3.63, 3.8) is 0 Å². The monoisotopic (exact) mass is 265 g/mol. The number of nitrogens with two attached hydrogens (primary N) is 1. The second-order valence-electron chi connectivity index (χ2n) is 6.55. The fourth-order valence-corrected chi connectivity index (χ4v) is 2.90. The molecule has 1 aromatic rings. The number of carbonyl (C=O) groups is 1. The zero-order chi connectivity index (χ0) is 14.4. The minimum absolute atomic E-state index is 0.00338. The van der Waals surface area contributed by atoms with Crippen molar-refractivity contribution in [1.82, 2.24) is 9.47 Å². The van der Waals surface area contributed by atoms with Gasteiger partial charge >= 0.3 is 0 Å². The highest BCUT2D eigenvalue weighted by atomic mass is 16.5. The average Bonchev–Trinajstić information content (AvgIpc) is 2.52. The fourth-order valence-electron chi connectivity index (χ4n) is 2.90. The molecule has 1 aliphatic rings. The number of nitrogen functional groups attached to an aromatic ring is 1. The van der Waals surface area contributed by atoms with Crippen molar-refractivity contribution in [3.05, 3.63) is 18.0 Å². The molecule has 0 aromatic carbocycles. The van der Waals surface area contributed by atoms with Crippen molar-refractivity contribution in [3.8, 4) is 0 Å². The Kier molecular flexibility index (Phi) is 3.13. The third kappa shape index (κ3) is 2.92. The molecule has 5 heteroatoms. The van der Waals surface area contributed by atoms with Gasteiger partial charge in [-0.05, 0) is 33.8 Å². The van der Waals surface area contributed by atoms with Crippen molar-refractivity contribution < 1.29 is 9.53 Å². The zero-order valence-electron chi connectivity index (χ0n) is 12.4. The van der Waals surface area contributed by atoms with Crippen LogP contribution < -0.4 is 5.73 Å². The van der Waals surface area contributed by atoms with Crippen LogP contribution in [0.1, 0.15) is 38.2 Å². The SMILES string of the molecule is Cn1cc(N)cc1C(=O)N1CC(C)(C)OC(C)(C)C1. The summed E-state index contributed by atoms with van der Waals surface area (Å²) in [6.45, 7) is 9.20. The van der Waals surface area contributed by atoms with Gasteiger partial charge in [-0.3, -0.25) is 4.79 Å². The number of hydrogen-bond acceptors (Lipinski definition) is 3. The van der Waals surface area contributed by atoms with E-state index in [1.807, 2.05) is 39.6 Å². The van der Waals surface area contributed by atoms with Crippen molar-refractivity contribution in [2.75, 3.05) is 18.8 Å². The first-order valence-corrected chi connectivity index (χ1v) is 6.51. The van der Waals surface area contributed by atoms with E-state index in [4.69, 9.17) is 10.5 Å². The van der Waals surface area contributed by atoms with E-state index in [0.717, 1.165) is 0 Å². The van der Waals surface area contributed by atoms with Crippen LogP contribution in [0.15, 0.2) is 12.3 Å². The maximum absolute atomic E-state index is 12.6.